The van der Waals surface area contributed by atoms with Gasteiger partial charge in [0.25, 0.3) is 0 Å². The molecule has 2 aromatic heterocycles. The number of para-hydroxylation sites is 2. The lowest BCUT2D eigenvalue weighted by Gasteiger charge is -2.07. The fourth-order valence-corrected chi connectivity index (χ4v) is 2.23. The normalized spacial score (nSPS) is 10.8. The first-order valence-corrected chi connectivity index (χ1v) is 6.67. The van der Waals surface area contributed by atoms with Crippen molar-refractivity contribution in [1.29, 1.82) is 0 Å². The SMILES string of the molecule is CC(=O)c1nc2ccccc2n1CC(=O)Nc1cnn(C)n1. The maximum Gasteiger partial charge on any atom is 0.245 e. The van der Waals surface area contributed by atoms with Crippen molar-refractivity contribution >= 4 is 28.5 Å². The number of fused-ring (bicyclic) bond motifs is 1. The van der Waals surface area contributed by atoms with Crippen molar-refractivity contribution in [3.63, 3.8) is 0 Å². The lowest BCUT2D eigenvalue weighted by atomic mass is 10.3. The molecule has 2 heterocycles. The number of ketones is 1. The average molecular weight is 298 g/mol. The van der Waals surface area contributed by atoms with Crippen molar-refractivity contribution in [2.24, 2.45) is 7.05 Å². The third-order valence-corrected chi connectivity index (χ3v) is 3.14. The first kappa shape index (κ1) is 13.9. The van der Waals surface area contributed by atoms with Gasteiger partial charge in [-0.3, -0.25) is 9.59 Å². The highest BCUT2D eigenvalue weighted by molar-refractivity contribution is 5.97. The minimum absolute atomic E-state index is 0.0218. The molecule has 0 radical (unpaired) electrons. The summed E-state index contributed by atoms with van der Waals surface area (Å²) in [5.41, 5.74) is 1.42. The summed E-state index contributed by atoms with van der Waals surface area (Å²) in [5, 5.41) is 10.5. The number of benzene rings is 1. The number of aryl methyl sites for hydroxylation is 1. The van der Waals surface area contributed by atoms with Crippen LogP contribution < -0.4 is 5.32 Å². The maximum atomic E-state index is 12.2. The van der Waals surface area contributed by atoms with Gasteiger partial charge >= 0.3 is 0 Å². The first-order valence-electron chi connectivity index (χ1n) is 6.67. The van der Waals surface area contributed by atoms with Crippen LogP contribution in [0.1, 0.15) is 17.5 Å². The van der Waals surface area contributed by atoms with E-state index in [1.54, 1.807) is 17.7 Å². The molecule has 0 aliphatic heterocycles. The smallest absolute Gasteiger partial charge is 0.245 e. The monoisotopic (exact) mass is 298 g/mol. The molecule has 8 nitrogen and oxygen atoms in total. The summed E-state index contributed by atoms with van der Waals surface area (Å²) >= 11 is 0. The Labute approximate surface area is 125 Å². The number of carbonyl (C=O) groups is 2. The van der Waals surface area contributed by atoms with E-state index >= 15 is 0 Å². The van der Waals surface area contributed by atoms with E-state index in [1.165, 1.54) is 17.9 Å². The van der Waals surface area contributed by atoms with E-state index in [0.29, 0.717) is 11.3 Å². The van der Waals surface area contributed by atoms with Crippen LogP contribution in [-0.4, -0.2) is 36.2 Å². The van der Waals surface area contributed by atoms with E-state index in [1.807, 2.05) is 18.2 Å². The van der Waals surface area contributed by atoms with Gasteiger partial charge in [-0.15, -0.1) is 5.10 Å². The van der Waals surface area contributed by atoms with Crippen LogP contribution in [0.15, 0.2) is 30.5 Å². The van der Waals surface area contributed by atoms with Crippen LogP contribution in [0.25, 0.3) is 11.0 Å². The molecule has 0 saturated carbocycles. The minimum Gasteiger partial charge on any atom is -0.312 e. The van der Waals surface area contributed by atoms with Gasteiger partial charge in [-0.2, -0.15) is 9.90 Å². The van der Waals surface area contributed by atoms with E-state index in [4.69, 9.17) is 0 Å². The number of aromatic nitrogens is 5. The predicted octanol–water partition coefficient (Wildman–Crippen LogP) is 1.01. The van der Waals surface area contributed by atoms with Gasteiger partial charge < -0.3 is 9.88 Å². The fraction of sp³-hybridized carbons (Fsp3) is 0.214. The Kier molecular flexibility index (Phi) is 3.42. The Morgan fingerprint density at radius 2 is 2.05 bits per heavy atom. The predicted molar refractivity (Wildman–Crippen MR) is 79.4 cm³/mol. The summed E-state index contributed by atoms with van der Waals surface area (Å²) in [6, 6.07) is 7.30. The average Bonchev–Trinajstić information content (AvgIpc) is 3.03. The quantitative estimate of drug-likeness (QED) is 0.725. The van der Waals surface area contributed by atoms with Crippen LogP contribution in [0.4, 0.5) is 5.82 Å². The van der Waals surface area contributed by atoms with Gasteiger partial charge in [0.05, 0.1) is 17.2 Å². The van der Waals surface area contributed by atoms with Crippen molar-refractivity contribution in [3.8, 4) is 0 Å². The molecule has 0 atom stereocenters. The standard InChI is InChI=1S/C14H14N6O2/c1-9(21)14-16-10-5-3-4-6-11(10)20(14)8-13(22)17-12-7-15-19(2)18-12/h3-7H,8H2,1-2H3,(H,17,18,22). The topological polar surface area (TPSA) is 94.7 Å². The van der Waals surface area contributed by atoms with E-state index in [-0.39, 0.29) is 24.1 Å². The van der Waals surface area contributed by atoms with Gasteiger partial charge in [0, 0.05) is 14.0 Å². The number of imidazole rings is 1. The number of amides is 1. The molecule has 0 aliphatic rings. The zero-order valence-electron chi connectivity index (χ0n) is 12.1. The summed E-state index contributed by atoms with van der Waals surface area (Å²) in [6.07, 6.45) is 1.45. The van der Waals surface area contributed by atoms with Gasteiger partial charge in [0.2, 0.25) is 5.91 Å². The van der Waals surface area contributed by atoms with E-state index < -0.39 is 0 Å². The van der Waals surface area contributed by atoms with Crippen LogP contribution in [-0.2, 0) is 18.4 Å². The molecule has 112 valence electrons. The molecule has 3 aromatic rings. The zero-order valence-corrected chi connectivity index (χ0v) is 12.1. The van der Waals surface area contributed by atoms with Crippen LogP contribution in [0, 0.1) is 0 Å². The summed E-state index contributed by atoms with van der Waals surface area (Å²) in [6.45, 7) is 1.41. The van der Waals surface area contributed by atoms with Gasteiger partial charge in [-0.05, 0) is 12.1 Å². The second-order valence-electron chi connectivity index (χ2n) is 4.83. The third-order valence-electron chi connectivity index (χ3n) is 3.14. The molecular weight excluding hydrogens is 284 g/mol. The molecule has 1 N–H and O–H groups in total. The number of anilines is 1. The largest absolute Gasteiger partial charge is 0.312 e. The number of carbonyl (C=O) groups excluding carboxylic acids is 2. The number of rotatable bonds is 4. The van der Waals surface area contributed by atoms with E-state index in [2.05, 4.69) is 20.5 Å². The van der Waals surface area contributed by atoms with Gasteiger partial charge in [0.1, 0.15) is 6.54 Å². The summed E-state index contributed by atoms with van der Waals surface area (Å²) < 4.78 is 1.60. The highest BCUT2D eigenvalue weighted by Gasteiger charge is 2.16. The zero-order chi connectivity index (χ0) is 15.7. The molecule has 0 fully saturated rings. The van der Waals surface area contributed by atoms with Crippen molar-refractivity contribution in [2.75, 3.05) is 5.32 Å². The van der Waals surface area contributed by atoms with Crippen molar-refractivity contribution in [2.45, 2.75) is 13.5 Å². The molecule has 3 rings (SSSR count). The molecule has 0 aliphatic carbocycles. The second kappa shape index (κ2) is 5.40. The summed E-state index contributed by atoms with van der Waals surface area (Å²) in [4.78, 5) is 29.5. The Morgan fingerprint density at radius 1 is 1.27 bits per heavy atom. The molecule has 0 unspecified atom stereocenters. The fourth-order valence-electron chi connectivity index (χ4n) is 2.23. The van der Waals surface area contributed by atoms with Gasteiger partial charge in [0.15, 0.2) is 17.4 Å². The van der Waals surface area contributed by atoms with Crippen LogP contribution in [0.5, 0.6) is 0 Å². The Morgan fingerprint density at radius 3 is 2.73 bits per heavy atom. The Balaban J connectivity index is 1.90. The lowest BCUT2D eigenvalue weighted by Crippen LogP contribution is -2.21. The molecular formula is C14H14N6O2. The lowest BCUT2D eigenvalue weighted by molar-refractivity contribution is -0.116. The van der Waals surface area contributed by atoms with Crippen LogP contribution >= 0.6 is 0 Å². The number of hydrogen-bond acceptors (Lipinski definition) is 5. The number of Topliss-reactive ketones (excluding diaryl/α,β-unsaturated/α-hetero) is 1. The number of nitrogens with one attached hydrogen (secondary N) is 1. The number of hydrogen-bond donors (Lipinski definition) is 1. The Hall–Kier alpha value is -3.03. The molecule has 1 aromatic carbocycles. The van der Waals surface area contributed by atoms with E-state index in [0.717, 1.165) is 5.52 Å². The highest BCUT2D eigenvalue weighted by Crippen LogP contribution is 2.16. The minimum atomic E-state index is -0.300. The van der Waals surface area contributed by atoms with Gasteiger partial charge in [-0.25, -0.2) is 4.98 Å². The summed E-state index contributed by atoms with van der Waals surface area (Å²) in [5.74, 6) is 0.131. The molecule has 1 amide bonds. The number of nitrogens with zero attached hydrogens (tertiary/aromatic N) is 5. The van der Waals surface area contributed by atoms with E-state index in [9.17, 15) is 9.59 Å². The molecule has 0 spiro atoms. The molecule has 22 heavy (non-hydrogen) atoms. The molecule has 0 bridgehead atoms. The summed E-state index contributed by atoms with van der Waals surface area (Å²) in [7, 11) is 1.66. The Bertz CT molecular complexity index is 863. The molecule has 0 saturated heterocycles. The van der Waals surface area contributed by atoms with Crippen molar-refractivity contribution < 1.29 is 9.59 Å². The second-order valence-corrected chi connectivity index (χ2v) is 4.83. The van der Waals surface area contributed by atoms with Crippen molar-refractivity contribution in [1.82, 2.24) is 24.5 Å². The third kappa shape index (κ3) is 2.58. The molecule has 8 heteroatoms. The van der Waals surface area contributed by atoms with Crippen LogP contribution in [0.3, 0.4) is 0 Å². The van der Waals surface area contributed by atoms with Crippen molar-refractivity contribution in [3.05, 3.63) is 36.3 Å². The maximum absolute atomic E-state index is 12.2. The highest BCUT2D eigenvalue weighted by atomic mass is 16.2. The van der Waals surface area contributed by atoms with Gasteiger partial charge in [-0.1, -0.05) is 12.1 Å². The van der Waals surface area contributed by atoms with Crippen LogP contribution in [0.2, 0.25) is 0 Å². The first-order chi connectivity index (χ1) is 10.5.